The number of halogens is 1. The van der Waals surface area contributed by atoms with E-state index in [-0.39, 0.29) is 11.7 Å². The summed E-state index contributed by atoms with van der Waals surface area (Å²) in [4.78, 5) is 20.0. The number of nitrogens with zero attached hydrogens (tertiary/aromatic N) is 1. The molecule has 0 atom stereocenters. The van der Waals surface area contributed by atoms with Gasteiger partial charge in [-0.15, -0.1) is 0 Å². The number of anilines is 1. The normalized spacial score (nSPS) is 11.0. The number of benzene rings is 2. The molecular formula is C19H14BrN3O2. The van der Waals surface area contributed by atoms with Crippen LogP contribution in [0.15, 0.2) is 63.7 Å². The first-order valence-electron chi connectivity index (χ1n) is 7.72. The summed E-state index contributed by atoms with van der Waals surface area (Å²) in [6.45, 7) is 2.05. The maximum atomic E-state index is 12.1. The molecule has 4 rings (SSSR count). The summed E-state index contributed by atoms with van der Waals surface area (Å²) in [6.07, 6.45) is 0. The standard InChI is InChI=1S/C19H14BrN3O2/c1-11-2-7-14-15(10-11)23-18(22-14)12-3-5-13(6-4-12)21-19(24)16-8-9-17(20)25-16/h2-10H,1H3,(H,21,24)(H,22,23). The minimum Gasteiger partial charge on any atom is -0.444 e. The van der Waals surface area contributed by atoms with Crippen molar-refractivity contribution in [1.82, 2.24) is 9.97 Å². The lowest BCUT2D eigenvalue weighted by Gasteiger charge is -2.04. The summed E-state index contributed by atoms with van der Waals surface area (Å²) >= 11 is 3.18. The minimum atomic E-state index is -0.294. The SMILES string of the molecule is Cc1ccc2nc(-c3ccc(NC(=O)c4ccc(Br)o4)cc3)[nH]c2c1. The molecule has 0 spiro atoms. The topological polar surface area (TPSA) is 70.9 Å². The maximum absolute atomic E-state index is 12.1. The molecule has 2 aromatic heterocycles. The minimum absolute atomic E-state index is 0.253. The van der Waals surface area contributed by atoms with Gasteiger partial charge in [-0.1, -0.05) is 6.07 Å². The third kappa shape index (κ3) is 3.21. The molecule has 2 aromatic carbocycles. The van der Waals surface area contributed by atoms with E-state index in [1.54, 1.807) is 12.1 Å². The molecule has 0 aliphatic carbocycles. The molecule has 0 radical (unpaired) electrons. The second-order valence-corrected chi connectivity index (χ2v) is 6.52. The van der Waals surface area contributed by atoms with Crippen LogP contribution in [0.25, 0.3) is 22.4 Å². The van der Waals surface area contributed by atoms with Crippen LogP contribution in [0.4, 0.5) is 5.69 Å². The Balaban J connectivity index is 1.55. The van der Waals surface area contributed by atoms with Crippen molar-refractivity contribution in [1.29, 1.82) is 0 Å². The van der Waals surface area contributed by atoms with E-state index in [4.69, 9.17) is 4.42 Å². The molecule has 6 heteroatoms. The number of fused-ring (bicyclic) bond motifs is 1. The predicted octanol–water partition coefficient (Wildman–Crippen LogP) is 5.15. The number of furan rings is 1. The number of amides is 1. The van der Waals surface area contributed by atoms with Crippen molar-refractivity contribution in [3.05, 3.63) is 70.6 Å². The molecule has 2 heterocycles. The number of imidazole rings is 1. The molecule has 4 aromatic rings. The van der Waals surface area contributed by atoms with Crippen LogP contribution in [0.1, 0.15) is 16.1 Å². The molecule has 0 fully saturated rings. The first kappa shape index (κ1) is 15.7. The summed E-state index contributed by atoms with van der Waals surface area (Å²) in [7, 11) is 0. The molecule has 0 bridgehead atoms. The third-order valence-electron chi connectivity index (χ3n) is 3.85. The molecule has 0 aliphatic heterocycles. The van der Waals surface area contributed by atoms with E-state index in [1.165, 1.54) is 5.56 Å². The van der Waals surface area contributed by atoms with Crippen LogP contribution in [0.5, 0.6) is 0 Å². The van der Waals surface area contributed by atoms with Crippen LogP contribution in [0.3, 0.4) is 0 Å². The largest absolute Gasteiger partial charge is 0.444 e. The summed E-state index contributed by atoms with van der Waals surface area (Å²) < 4.78 is 5.76. The zero-order valence-corrected chi connectivity index (χ0v) is 14.9. The first-order valence-corrected chi connectivity index (χ1v) is 8.51. The van der Waals surface area contributed by atoms with Gasteiger partial charge in [0.15, 0.2) is 10.4 Å². The second-order valence-electron chi connectivity index (χ2n) is 5.74. The monoisotopic (exact) mass is 395 g/mol. The van der Waals surface area contributed by atoms with Gasteiger partial charge in [-0.2, -0.15) is 0 Å². The van der Waals surface area contributed by atoms with Crippen LogP contribution in [0.2, 0.25) is 0 Å². The van der Waals surface area contributed by atoms with Gasteiger partial charge < -0.3 is 14.7 Å². The van der Waals surface area contributed by atoms with E-state index in [0.29, 0.717) is 10.4 Å². The van der Waals surface area contributed by atoms with E-state index in [0.717, 1.165) is 22.4 Å². The Bertz CT molecular complexity index is 1060. The summed E-state index contributed by atoms with van der Waals surface area (Å²) in [6, 6.07) is 16.9. The van der Waals surface area contributed by atoms with Gasteiger partial charge in [-0.05, 0) is 76.9 Å². The number of aromatic nitrogens is 2. The highest BCUT2D eigenvalue weighted by atomic mass is 79.9. The Kier molecular flexibility index (Phi) is 3.89. The van der Waals surface area contributed by atoms with Crippen LogP contribution in [-0.2, 0) is 0 Å². The molecule has 1 amide bonds. The van der Waals surface area contributed by atoms with Crippen LogP contribution in [-0.4, -0.2) is 15.9 Å². The summed E-state index contributed by atoms with van der Waals surface area (Å²) in [5, 5.41) is 2.80. The molecule has 0 saturated carbocycles. The highest BCUT2D eigenvalue weighted by Crippen LogP contribution is 2.23. The molecule has 0 unspecified atom stereocenters. The number of H-pyrrole nitrogens is 1. The molecular weight excluding hydrogens is 382 g/mol. The van der Waals surface area contributed by atoms with Gasteiger partial charge in [-0.25, -0.2) is 4.98 Å². The smallest absolute Gasteiger partial charge is 0.291 e. The predicted molar refractivity (Wildman–Crippen MR) is 101 cm³/mol. The lowest BCUT2D eigenvalue weighted by Crippen LogP contribution is -2.10. The van der Waals surface area contributed by atoms with Crippen LogP contribution >= 0.6 is 15.9 Å². The lowest BCUT2D eigenvalue weighted by atomic mass is 10.2. The number of aryl methyl sites for hydroxylation is 1. The van der Waals surface area contributed by atoms with Gasteiger partial charge in [0.1, 0.15) is 5.82 Å². The molecule has 124 valence electrons. The Morgan fingerprint density at radius 3 is 2.64 bits per heavy atom. The quantitative estimate of drug-likeness (QED) is 0.503. The zero-order chi connectivity index (χ0) is 17.4. The first-order chi connectivity index (χ1) is 12.1. The van der Waals surface area contributed by atoms with Gasteiger partial charge >= 0.3 is 0 Å². The van der Waals surface area contributed by atoms with Crippen molar-refractivity contribution < 1.29 is 9.21 Å². The highest BCUT2D eigenvalue weighted by Gasteiger charge is 2.11. The molecule has 2 N–H and O–H groups in total. The fourth-order valence-corrected chi connectivity index (χ4v) is 2.91. The number of rotatable bonds is 3. The number of hydrogen-bond donors (Lipinski definition) is 2. The Morgan fingerprint density at radius 2 is 1.92 bits per heavy atom. The van der Waals surface area contributed by atoms with Crippen LogP contribution in [0, 0.1) is 6.92 Å². The van der Waals surface area contributed by atoms with Gasteiger partial charge in [-0.3, -0.25) is 4.79 Å². The van der Waals surface area contributed by atoms with E-state index in [2.05, 4.69) is 44.2 Å². The van der Waals surface area contributed by atoms with Gasteiger partial charge in [0.2, 0.25) is 0 Å². The number of carbonyl (C=O) groups is 1. The molecule has 5 nitrogen and oxygen atoms in total. The van der Waals surface area contributed by atoms with Gasteiger partial charge in [0, 0.05) is 11.3 Å². The van der Waals surface area contributed by atoms with Crippen molar-refractivity contribution in [3.8, 4) is 11.4 Å². The van der Waals surface area contributed by atoms with Crippen LogP contribution < -0.4 is 5.32 Å². The maximum Gasteiger partial charge on any atom is 0.291 e. The molecule has 25 heavy (non-hydrogen) atoms. The van der Waals surface area contributed by atoms with E-state index < -0.39 is 0 Å². The second kappa shape index (κ2) is 6.22. The lowest BCUT2D eigenvalue weighted by molar-refractivity contribution is 0.0995. The Labute approximate surface area is 152 Å². The highest BCUT2D eigenvalue weighted by molar-refractivity contribution is 9.10. The number of carbonyl (C=O) groups excluding carboxylic acids is 1. The number of nitrogens with one attached hydrogen (secondary N) is 2. The fourth-order valence-electron chi connectivity index (χ4n) is 2.60. The Morgan fingerprint density at radius 1 is 1.12 bits per heavy atom. The average molecular weight is 396 g/mol. The third-order valence-corrected chi connectivity index (χ3v) is 4.28. The molecule has 0 saturated heterocycles. The fraction of sp³-hybridized carbons (Fsp3) is 0.0526. The van der Waals surface area contributed by atoms with Gasteiger partial charge in [0.05, 0.1) is 11.0 Å². The number of aromatic amines is 1. The van der Waals surface area contributed by atoms with Crippen molar-refractivity contribution in [2.75, 3.05) is 5.32 Å². The Hall–Kier alpha value is -2.86. The van der Waals surface area contributed by atoms with Gasteiger partial charge in [0.25, 0.3) is 5.91 Å². The van der Waals surface area contributed by atoms with Crippen molar-refractivity contribution in [2.45, 2.75) is 6.92 Å². The van der Waals surface area contributed by atoms with E-state index in [1.807, 2.05) is 36.4 Å². The average Bonchev–Trinajstić information content (AvgIpc) is 3.21. The number of hydrogen-bond acceptors (Lipinski definition) is 3. The van der Waals surface area contributed by atoms with Crippen molar-refractivity contribution in [3.63, 3.8) is 0 Å². The summed E-state index contributed by atoms with van der Waals surface area (Å²) in [5.41, 5.74) is 4.77. The zero-order valence-electron chi connectivity index (χ0n) is 13.3. The van der Waals surface area contributed by atoms with Crippen molar-refractivity contribution >= 4 is 38.6 Å². The van der Waals surface area contributed by atoms with E-state index in [9.17, 15) is 4.79 Å². The summed E-state index contributed by atoms with van der Waals surface area (Å²) in [5.74, 6) is 0.759. The van der Waals surface area contributed by atoms with Crippen molar-refractivity contribution in [2.24, 2.45) is 0 Å². The molecule has 0 aliphatic rings. The van der Waals surface area contributed by atoms with E-state index >= 15 is 0 Å².